The molecule has 0 fully saturated rings. The molecule has 0 bridgehead atoms. The Kier molecular flexibility index (Phi) is 2.64. The quantitative estimate of drug-likeness (QED) is 0.750. The molecule has 0 amide bonds. The number of nitrogens with zero attached hydrogens (tertiary/aromatic N) is 1. The lowest BCUT2D eigenvalue weighted by Crippen LogP contribution is -1.93. The first-order valence-corrected chi connectivity index (χ1v) is 4.86. The summed E-state index contributed by atoms with van der Waals surface area (Å²) < 4.78 is 5.28. The van der Waals surface area contributed by atoms with E-state index in [1.54, 1.807) is 25.4 Å². The highest BCUT2D eigenvalue weighted by Gasteiger charge is 2.06. The smallest absolute Gasteiger partial charge is 0.128 e. The molecule has 4 heteroatoms. The molecule has 0 unspecified atom stereocenters. The average Bonchev–Trinajstić information content (AvgIpc) is 2.28. The number of benzene rings is 1. The minimum Gasteiger partial charge on any atom is -0.496 e. The van der Waals surface area contributed by atoms with Crippen molar-refractivity contribution in [3.05, 3.63) is 36.5 Å². The molecule has 4 N–H and O–H groups in total. The number of methoxy groups -OCH3 is 1. The molecule has 4 nitrogen and oxygen atoms in total. The van der Waals surface area contributed by atoms with Crippen molar-refractivity contribution in [2.75, 3.05) is 18.6 Å². The number of hydrogen-bond acceptors (Lipinski definition) is 4. The number of aromatic nitrogens is 1. The van der Waals surface area contributed by atoms with E-state index in [0.717, 1.165) is 16.9 Å². The number of nitrogen functional groups attached to an aromatic ring is 2. The fourth-order valence-electron chi connectivity index (χ4n) is 1.56. The van der Waals surface area contributed by atoms with E-state index in [1.165, 1.54) is 0 Å². The maximum atomic E-state index is 5.69. The van der Waals surface area contributed by atoms with Gasteiger partial charge < -0.3 is 16.2 Å². The standard InChI is InChI=1S/C12H13N3O/c1-16-11-7-9(13)2-3-10(11)8-4-5-15-12(14)6-8/h2-7H,13H2,1H3,(H2,14,15). The Balaban J connectivity index is 2.55. The van der Waals surface area contributed by atoms with Crippen LogP contribution < -0.4 is 16.2 Å². The second-order valence-electron chi connectivity index (χ2n) is 3.43. The molecule has 1 aromatic heterocycles. The first-order chi connectivity index (χ1) is 7.70. The van der Waals surface area contributed by atoms with Crippen LogP contribution in [0.3, 0.4) is 0 Å². The molecule has 1 aromatic carbocycles. The fourth-order valence-corrected chi connectivity index (χ4v) is 1.56. The van der Waals surface area contributed by atoms with Crippen LogP contribution in [0.15, 0.2) is 36.5 Å². The minimum absolute atomic E-state index is 0.483. The van der Waals surface area contributed by atoms with Gasteiger partial charge in [0, 0.05) is 23.5 Å². The third-order valence-corrected chi connectivity index (χ3v) is 2.32. The highest BCUT2D eigenvalue weighted by atomic mass is 16.5. The summed E-state index contributed by atoms with van der Waals surface area (Å²) in [7, 11) is 1.61. The number of hydrogen-bond donors (Lipinski definition) is 2. The maximum Gasteiger partial charge on any atom is 0.128 e. The van der Waals surface area contributed by atoms with E-state index in [0.29, 0.717) is 11.5 Å². The zero-order valence-corrected chi connectivity index (χ0v) is 8.97. The third-order valence-electron chi connectivity index (χ3n) is 2.32. The van der Waals surface area contributed by atoms with Gasteiger partial charge in [-0.15, -0.1) is 0 Å². The number of rotatable bonds is 2. The lowest BCUT2D eigenvalue weighted by Gasteiger charge is -2.09. The summed E-state index contributed by atoms with van der Waals surface area (Å²) in [6.07, 6.45) is 1.67. The number of nitrogens with two attached hydrogens (primary N) is 2. The van der Waals surface area contributed by atoms with Gasteiger partial charge >= 0.3 is 0 Å². The van der Waals surface area contributed by atoms with E-state index in [1.807, 2.05) is 18.2 Å². The van der Waals surface area contributed by atoms with Crippen LogP contribution in [0.4, 0.5) is 11.5 Å². The average molecular weight is 215 g/mol. The second-order valence-corrected chi connectivity index (χ2v) is 3.43. The van der Waals surface area contributed by atoms with Gasteiger partial charge in [0.15, 0.2) is 0 Å². The van der Waals surface area contributed by atoms with Gasteiger partial charge in [0.05, 0.1) is 7.11 Å². The van der Waals surface area contributed by atoms with Crippen molar-refractivity contribution in [3.8, 4) is 16.9 Å². The van der Waals surface area contributed by atoms with Crippen molar-refractivity contribution < 1.29 is 4.74 Å². The van der Waals surface area contributed by atoms with Gasteiger partial charge in [0.2, 0.25) is 0 Å². The van der Waals surface area contributed by atoms with E-state index >= 15 is 0 Å². The lowest BCUT2D eigenvalue weighted by molar-refractivity contribution is 0.416. The molecule has 82 valence electrons. The highest BCUT2D eigenvalue weighted by Crippen LogP contribution is 2.31. The molecule has 0 atom stereocenters. The van der Waals surface area contributed by atoms with Crippen molar-refractivity contribution in [2.45, 2.75) is 0 Å². The Morgan fingerprint density at radius 2 is 1.94 bits per heavy atom. The predicted octanol–water partition coefficient (Wildman–Crippen LogP) is 1.92. The molecule has 2 aromatic rings. The van der Waals surface area contributed by atoms with Crippen molar-refractivity contribution in [1.82, 2.24) is 4.98 Å². The summed E-state index contributed by atoms with van der Waals surface area (Å²) in [5, 5.41) is 0. The first kappa shape index (κ1) is 10.3. The normalized spacial score (nSPS) is 10.1. The van der Waals surface area contributed by atoms with E-state index in [-0.39, 0.29) is 0 Å². The van der Waals surface area contributed by atoms with Gasteiger partial charge in [0.25, 0.3) is 0 Å². The summed E-state index contributed by atoms with van der Waals surface area (Å²) in [6, 6.07) is 9.20. The molecule has 1 heterocycles. The molecular formula is C12H13N3O. The van der Waals surface area contributed by atoms with Gasteiger partial charge in [0.1, 0.15) is 11.6 Å². The van der Waals surface area contributed by atoms with Crippen molar-refractivity contribution in [2.24, 2.45) is 0 Å². The highest BCUT2D eigenvalue weighted by molar-refractivity contribution is 5.74. The molecular weight excluding hydrogens is 202 g/mol. The van der Waals surface area contributed by atoms with Crippen LogP contribution in [0.25, 0.3) is 11.1 Å². The van der Waals surface area contributed by atoms with Crippen LogP contribution in [0.1, 0.15) is 0 Å². The summed E-state index contributed by atoms with van der Waals surface area (Å²) in [5.74, 6) is 1.21. The van der Waals surface area contributed by atoms with Crippen LogP contribution in [0, 0.1) is 0 Å². The topological polar surface area (TPSA) is 74.2 Å². The van der Waals surface area contributed by atoms with Gasteiger partial charge in [-0.3, -0.25) is 0 Å². The summed E-state index contributed by atoms with van der Waals surface area (Å²) in [6.45, 7) is 0. The number of ether oxygens (including phenoxy) is 1. The molecule has 0 saturated carbocycles. The summed E-state index contributed by atoms with van der Waals surface area (Å²) in [4.78, 5) is 3.95. The Morgan fingerprint density at radius 3 is 2.62 bits per heavy atom. The molecule has 0 aliphatic carbocycles. The molecule has 2 rings (SSSR count). The summed E-state index contributed by atoms with van der Waals surface area (Å²) in [5.41, 5.74) is 13.9. The first-order valence-electron chi connectivity index (χ1n) is 4.86. The third kappa shape index (κ3) is 1.91. The van der Waals surface area contributed by atoms with Crippen molar-refractivity contribution in [1.29, 1.82) is 0 Å². The van der Waals surface area contributed by atoms with Crippen molar-refractivity contribution in [3.63, 3.8) is 0 Å². The Labute approximate surface area is 93.9 Å². The SMILES string of the molecule is COc1cc(N)ccc1-c1ccnc(N)c1. The molecule has 0 radical (unpaired) electrons. The minimum atomic E-state index is 0.483. The van der Waals surface area contributed by atoms with Gasteiger partial charge in [-0.1, -0.05) is 0 Å². The summed E-state index contributed by atoms with van der Waals surface area (Å²) >= 11 is 0. The van der Waals surface area contributed by atoms with Crippen LogP contribution in [-0.4, -0.2) is 12.1 Å². The lowest BCUT2D eigenvalue weighted by atomic mass is 10.1. The zero-order valence-electron chi connectivity index (χ0n) is 8.97. The molecule has 0 spiro atoms. The molecule has 0 aliphatic heterocycles. The van der Waals surface area contributed by atoms with Crippen molar-refractivity contribution >= 4 is 11.5 Å². The Bertz CT molecular complexity index is 511. The Hall–Kier alpha value is -2.23. The largest absolute Gasteiger partial charge is 0.496 e. The van der Waals surface area contributed by atoms with Gasteiger partial charge in [-0.2, -0.15) is 0 Å². The number of anilines is 2. The fraction of sp³-hybridized carbons (Fsp3) is 0.0833. The van der Waals surface area contributed by atoms with Crippen LogP contribution >= 0.6 is 0 Å². The van der Waals surface area contributed by atoms with Gasteiger partial charge in [-0.25, -0.2) is 4.98 Å². The second kappa shape index (κ2) is 4.10. The predicted molar refractivity (Wildman–Crippen MR) is 65.0 cm³/mol. The van der Waals surface area contributed by atoms with E-state index < -0.39 is 0 Å². The monoisotopic (exact) mass is 215 g/mol. The van der Waals surface area contributed by atoms with Crippen LogP contribution in [0.5, 0.6) is 5.75 Å². The molecule has 0 aliphatic rings. The van der Waals surface area contributed by atoms with Gasteiger partial charge in [-0.05, 0) is 29.8 Å². The van der Waals surface area contributed by atoms with Crippen LogP contribution in [-0.2, 0) is 0 Å². The van der Waals surface area contributed by atoms with E-state index in [9.17, 15) is 0 Å². The molecule has 16 heavy (non-hydrogen) atoms. The van der Waals surface area contributed by atoms with E-state index in [4.69, 9.17) is 16.2 Å². The zero-order chi connectivity index (χ0) is 11.5. The maximum absolute atomic E-state index is 5.69. The Morgan fingerprint density at radius 1 is 1.12 bits per heavy atom. The molecule has 0 saturated heterocycles. The van der Waals surface area contributed by atoms with E-state index in [2.05, 4.69) is 4.98 Å². The van der Waals surface area contributed by atoms with Crippen LogP contribution in [0.2, 0.25) is 0 Å². The number of pyridine rings is 1.